The van der Waals surface area contributed by atoms with Gasteiger partial charge in [-0.3, -0.25) is 0 Å². The van der Waals surface area contributed by atoms with E-state index in [9.17, 15) is 13.6 Å². The van der Waals surface area contributed by atoms with E-state index >= 15 is 0 Å². The summed E-state index contributed by atoms with van der Waals surface area (Å²) in [4.78, 5) is 17.9. The maximum atomic E-state index is 13.8. The van der Waals surface area contributed by atoms with Crippen molar-refractivity contribution >= 4 is 6.09 Å². The zero-order chi connectivity index (χ0) is 17.2. The van der Waals surface area contributed by atoms with Crippen LogP contribution in [0.4, 0.5) is 13.6 Å². The van der Waals surface area contributed by atoms with Crippen molar-refractivity contribution in [2.75, 3.05) is 7.11 Å². The monoisotopic (exact) mass is 325 g/mol. The first-order valence-corrected chi connectivity index (χ1v) is 6.79. The summed E-state index contributed by atoms with van der Waals surface area (Å²) in [7, 11) is 1.44. The molecule has 1 aromatic heterocycles. The van der Waals surface area contributed by atoms with Crippen LogP contribution in [-0.2, 0) is 4.74 Å². The molecule has 1 heterocycles. The van der Waals surface area contributed by atoms with Gasteiger partial charge in [0.15, 0.2) is 0 Å². The van der Waals surface area contributed by atoms with Gasteiger partial charge in [0.2, 0.25) is 0 Å². The summed E-state index contributed by atoms with van der Waals surface area (Å²) in [5.74, 6) is -0.969. The van der Waals surface area contributed by atoms with E-state index in [1.807, 2.05) is 0 Å². The molecule has 2 rings (SSSR count). The Bertz CT molecular complexity index is 716. The molecule has 1 amide bonds. The van der Waals surface area contributed by atoms with Crippen LogP contribution in [0.1, 0.15) is 25.7 Å². The lowest BCUT2D eigenvalue weighted by molar-refractivity contribution is -0.0120. The Balaban J connectivity index is 2.42. The molecule has 0 aliphatic rings. The second kappa shape index (κ2) is 6.33. The van der Waals surface area contributed by atoms with Crippen molar-refractivity contribution in [2.24, 2.45) is 0 Å². The number of rotatable bonds is 5. The van der Waals surface area contributed by atoms with Crippen molar-refractivity contribution < 1.29 is 23.4 Å². The predicted octanol–water partition coefficient (Wildman–Crippen LogP) is 3.09. The minimum atomic E-state index is -1.25. The van der Waals surface area contributed by atoms with Gasteiger partial charge >= 0.3 is 6.09 Å². The first-order chi connectivity index (χ1) is 10.7. The van der Waals surface area contributed by atoms with Crippen molar-refractivity contribution in [3.8, 4) is 11.3 Å². The number of aromatic nitrogens is 2. The molecule has 2 aromatic rings. The van der Waals surface area contributed by atoms with E-state index in [0.29, 0.717) is 0 Å². The zero-order valence-electron chi connectivity index (χ0n) is 12.9. The van der Waals surface area contributed by atoms with Gasteiger partial charge in [0, 0.05) is 12.7 Å². The largest absolute Gasteiger partial charge is 0.465 e. The molecular formula is C15H17F2N3O3. The summed E-state index contributed by atoms with van der Waals surface area (Å²) in [6.45, 7) is 3.36. The van der Waals surface area contributed by atoms with Crippen LogP contribution in [0.5, 0.6) is 0 Å². The smallest absolute Gasteiger partial charge is 0.405 e. The molecule has 1 aromatic carbocycles. The molecule has 0 saturated heterocycles. The summed E-state index contributed by atoms with van der Waals surface area (Å²) in [6, 6.07) is 2.24. The van der Waals surface area contributed by atoms with Gasteiger partial charge < -0.3 is 20.1 Å². The molecule has 3 N–H and O–H groups in total. The number of benzene rings is 1. The third-order valence-corrected chi connectivity index (χ3v) is 3.58. The third kappa shape index (κ3) is 3.65. The van der Waals surface area contributed by atoms with Crippen molar-refractivity contribution in [1.29, 1.82) is 0 Å². The lowest BCUT2D eigenvalue weighted by Gasteiger charge is -2.31. The number of amides is 1. The van der Waals surface area contributed by atoms with Crippen LogP contribution >= 0.6 is 0 Å². The molecule has 0 spiro atoms. The van der Waals surface area contributed by atoms with Crippen LogP contribution in [0.15, 0.2) is 24.4 Å². The van der Waals surface area contributed by atoms with Gasteiger partial charge in [0.05, 0.1) is 17.5 Å². The highest BCUT2D eigenvalue weighted by Crippen LogP contribution is 2.29. The molecule has 0 aliphatic carbocycles. The summed E-state index contributed by atoms with van der Waals surface area (Å²) < 4.78 is 32.4. The van der Waals surface area contributed by atoms with Gasteiger partial charge in [-0.05, 0) is 32.0 Å². The van der Waals surface area contributed by atoms with Gasteiger partial charge in [0.1, 0.15) is 23.5 Å². The molecule has 124 valence electrons. The molecule has 1 atom stereocenters. The molecular weight excluding hydrogens is 308 g/mol. The molecule has 0 bridgehead atoms. The number of hydrogen-bond acceptors (Lipinski definition) is 3. The van der Waals surface area contributed by atoms with Gasteiger partial charge in [-0.15, -0.1) is 0 Å². The first kappa shape index (κ1) is 16.9. The summed E-state index contributed by atoms with van der Waals surface area (Å²) in [5.41, 5.74) is -0.664. The Morgan fingerprint density at radius 1 is 1.43 bits per heavy atom. The van der Waals surface area contributed by atoms with Crippen molar-refractivity contribution in [2.45, 2.75) is 25.5 Å². The average molecular weight is 325 g/mol. The van der Waals surface area contributed by atoms with E-state index < -0.39 is 29.4 Å². The summed E-state index contributed by atoms with van der Waals surface area (Å²) in [5, 5.41) is 11.3. The van der Waals surface area contributed by atoms with E-state index in [1.165, 1.54) is 13.3 Å². The van der Waals surface area contributed by atoms with Crippen LogP contribution in [0, 0.1) is 11.6 Å². The highest BCUT2D eigenvalue weighted by Gasteiger charge is 2.34. The quantitative estimate of drug-likeness (QED) is 0.788. The number of H-pyrrole nitrogens is 1. The van der Waals surface area contributed by atoms with Crippen LogP contribution in [0.2, 0.25) is 0 Å². The number of imidazole rings is 1. The molecule has 0 aliphatic heterocycles. The maximum Gasteiger partial charge on any atom is 0.405 e. The van der Waals surface area contributed by atoms with E-state index in [0.717, 1.165) is 18.2 Å². The number of carbonyl (C=O) groups is 1. The summed E-state index contributed by atoms with van der Waals surface area (Å²) >= 11 is 0. The van der Waals surface area contributed by atoms with E-state index in [4.69, 9.17) is 9.84 Å². The Morgan fingerprint density at radius 3 is 2.74 bits per heavy atom. The Hall–Kier alpha value is -2.48. The number of carboxylic acid groups (broad SMARTS) is 1. The number of nitrogens with zero attached hydrogens (tertiary/aromatic N) is 1. The fourth-order valence-corrected chi connectivity index (χ4v) is 2.14. The van der Waals surface area contributed by atoms with Crippen LogP contribution in [-0.4, -0.2) is 33.9 Å². The molecule has 0 radical (unpaired) electrons. The van der Waals surface area contributed by atoms with Gasteiger partial charge in [-0.25, -0.2) is 18.6 Å². The van der Waals surface area contributed by atoms with Gasteiger partial charge in [-0.2, -0.15) is 0 Å². The lowest BCUT2D eigenvalue weighted by atomic mass is 9.98. The normalized spacial score (nSPS) is 12.9. The molecule has 0 fully saturated rings. The van der Waals surface area contributed by atoms with Crippen molar-refractivity contribution in [3.05, 3.63) is 41.9 Å². The minimum Gasteiger partial charge on any atom is -0.465 e. The van der Waals surface area contributed by atoms with Crippen molar-refractivity contribution in [3.63, 3.8) is 0 Å². The minimum absolute atomic E-state index is 0.00745. The zero-order valence-corrected chi connectivity index (χ0v) is 12.9. The number of ether oxygens (including phenoxy) is 1. The van der Waals surface area contributed by atoms with E-state index in [-0.39, 0.29) is 17.1 Å². The van der Waals surface area contributed by atoms with E-state index in [1.54, 1.807) is 13.8 Å². The molecule has 8 heteroatoms. The standard InChI is InChI=1S/C15H17F2N3O3/c1-15(2,23-3)12(20-14(21)22)13-18-7-11(19-13)9-6-8(16)4-5-10(9)17/h4-7,12,20H,1-3H3,(H,18,19)(H,21,22)/t12-/m0/s1. The van der Waals surface area contributed by atoms with Crippen LogP contribution in [0.3, 0.4) is 0 Å². The SMILES string of the molecule is COC(C)(C)[C@@H](NC(=O)O)c1ncc(-c2cc(F)ccc2F)[nH]1. The molecule has 23 heavy (non-hydrogen) atoms. The second-order valence-corrected chi connectivity index (χ2v) is 5.50. The van der Waals surface area contributed by atoms with Crippen molar-refractivity contribution in [1.82, 2.24) is 15.3 Å². The van der Waals surface area contributed by atoms with Crippen LogP contribution < -0.4 is 5.32 Å². The molecule has 0 unspecified atom stereocenters. The van der Waals surface area contributed by atoms with Gasteiger partial charge in [0.25, 0.3) is 0 Å². The fraction of sp³-hybridized carbons (Fsp3) is 0.333. The lowest BCUT2D eigenvalue weighted by Crippen LogP contribution is -2.43. The number of halogens is 2. The third-order valence-electron chi connectivity index (χ3n) is 3.58. The Kier molecular flexibility index (Phi) is 4.65. The average Bonchev–Trinajstić information content (AvgIpc) is 2.96. The number of nitrogens with one attached hydrogen (secondary N) is 2. The Labute approximate surface area is 131 Å². The highest BCUT2D eigenvalue weighted by atomic mass is 19.1. The number of hydrogen-bond donors (Lipinski definition) is 3. The number of aromatic amines is 1. The Morgan fingerprint density at radius 2 is 2.13 bits per heavy atom. The maximum absolute atomic E-state index is 13.8. The van der Waals surface area contributed by atoms with Gasteiger partial charge in [-0.1, -0.05) is 0 Å². The molecule has 6 nitrogen and oxygen atoms in total. The highest BCUT2D eigenvalue weighted by molar-refractivity contribution is 5.65. The van der Waals surface area contributed by atoms with Crippen LogP contribution in [0.25, 0.3) is 11.3 Å². The van der Waals surface area contributed by atoms with E-state index in [2.05, 4.69) is 15.3 Å². The fourth-order valence-electron chi connectivity index (χ4n) is 2.14. The number of methoxy groups -OCH3 is 1. The molecule has 0 saturated carbocycles. The topological polar surface area (TPSA) is 87.2 Å². The summed E-state index contributed by atoms with van der Waals surface area (Å²) in [6.07, 6.45) is 0.0603. The second-order valence-electron chi connectivity index (χ2n) is 5.50. The predicted molar refractivity (Wildman–Crippen MR) is 78.9 cm³/mol. The first-order valence-electron chi connectivity index (χ1n) is 6.79.